The van der Waals surface area contributed by atoms with Crippen molar-refractivity contribution in [2.75, 3.05) is 6.54 Å². The van der Waals surface area contributed by atoms with Crippen LogP contribution in [-0.2, 0) is 11.8 Å². The molecule has 0 atom stereocenters. The van der Waals surface area contributed by atoms with Gasteiger partial charge in [0.15, 0.2) is 0 Å². The van der Waals surface area contributed by atoms with E-state index in [4.69, 9.17) is 0 Å². The first-order chi connectivity index (χ1) is 11.0. The molecule has 23 heavy (non-hydrogen) atoms. The van der Waals surface area contributed by atoms with Crippen molar-refractivity contribution >= 4 is 45.0 Å². The summed E-state index contributed by atoms with van der Waals surface area (Å²) in [6.45, 7) is 0.189. The third-order valence-electron chi connectivity index (χ3n) is 2.90. The van der Waals surface area contributed by atoms with Crippen molar-refractivity contribution in [2.45, 2.75) is 6.42 Å². The van der Waals surface area contributed by atoms with Gasteiger partial charge in [-0.1, -0.05) is 6.07 Å². The Balaban J connectivity index is 1.70. The van der Waals surface area contributed by atoms with E-state index in [0.717, 1.165) is 4.47 Å². The standard InChI is InChI=1S/C14H15BrN4O3S/c1-19-8-9(15)7-10(19)13(21)18-17-12(20)4-5-16-14(22)11-3-2-6-23-11/h2-3,6-8H,4-5H2,1H3,(H,16,22)(H,17,20)(H,18,21). The van der Waals surface area contributed by atoms with Crippen LogP contribution in [0.25, 0.3) is 0 Å². The zero-order valence-corrected chi connectivity index (χ0v) is 14.7. The minimum Gasteiger partial charge on any atom is -0.351 e. The van der Waals surface area contributed by atoms with Gasteiger partial charge in [0.25, 0.3) is 11.8 Å². The smallest absolute Gasteiger partial charge is 0.286 e. The minimum atomic E-state index is -0.422. The van der Waals surface area contributed by atoms with Gasteiger partial charge in [0.1, 0.15) is 5.69 Å². The van der Waals surface area contributed by atoms with Crippen molar-refractivity contribution in [3.05, 3.63) is 44.8 Å². The van der Waals surface area contributed by atoms with Crippen molar-refractivity contribution in [3.63, 3.8) is 0 Å². The second-order valence-electron chi connectivity index (χ2n) is 4.64. The Morgan fingerprint density at radius 1 is 1.26 bits per heavy atom. The Hall–Kier alpha value is -2.13. The average Bonchev–Trinajstić information content (AvgIpc) is 3.14. The maximum Gasteiger partial charge on any atom is 0.286 e. The predicted octanol–water partition coefficient (Wildman–Crippen LogP) is 1.43. The third kappa shape index (κ3) is 4.93. The highest BCUT2D eigenvalue weighted by atomic mass is 79.9. The summed E-state index contributed by atoms with van der Waals surface area (Å²) in [6, 6.07) is 5.13. The zero-order chi connectivity index (χ0) is 16.8. The largest absolute Gasteiger partial charge is 0.351 e. The Morgan fingerprint density at radius 3 is 2.65 bits per heavy atom. The van der Waals surface area contributed by atoms with E-state index in [1.54, 1.807) is 41.4 Å². The number of hydrazine groups is 1. The molecule has 0 saturated heterocycles. The number of aromatic nitrogens is 1. The molecule has 2 heterocycles. The Morgan fingerprint density at radius 2 is 2.04 bits per heavy atom. The summed E-state index contributed by atoms with van der Waals surface area (Å²) in [7, 11) is 1.72. The number of hydrogen-bond acceptors (Lipinski definition) is 4. The van der Waals surface area contributed by atoms with Gasteiger partial charge in [0.2, 0.25) is 5.91 Å². The molecule has 3 amide bonds. The van der Waals surface area contributed by atoms with Crippen LogP contribution in [-0.4, -0.2) is 28.8 Å². The lowest BCUT2D eigenvalue weighted by Gasteiger charge is -2.08. The normalized spacial score (nSPS) is 10.2. The van der Waals surface area contributed by atoms with Crippen molar-refractivity contribution in [1.82, 2.24) is 20.7 Å². The van der Waals surface area contributed by atoms with Crippen LogP contribution in [0.2, 0.25) is 0 Å². The fourth-order valence-electron chi connectivity index (χ4n) is 1.79. The van der Waals surface area contributed by atoms with Crippen LogP contribution in [0.15, 0.2) is 34.2 Å². The molecule has 0 radical (unpaired) electrons. The predicted molar refractivity (Wildman–Crippen MR) is 90.0 cm³/mol. The molecule has 2 aromatic rings. The molecule has 0 aromatic carbocycles. The summed E-state index contributed by atoms with van der Waals surface area (Å²) in [5.74, 6) is -1.03. The third-order valence-corrected chi connectivity index (χ3v) is 4.20. The van der Waals surface area contributed by atoms with Crippen LogP contribution in [0.4, 0.5) is 0 Å². The van der Waals surface area contributed by atoms with Crippen LogP contribution < -0.4 is 16.2 Å². The summed E-state index contributed by atoms with van der Waals surface area (Å²) in [6.07, 6.45) is 1.80. The number of carbonyl (C=O) groups excluding carboxylic acids is 3. The van der Waals surface area contributed by atoms with Crippen molar-refractivity contribution in [3.8, 4) is 0 Å². The van der Waals surface area contributed by atoms with Gasteiger partial charge in [0, 0.05) is 30.7 Å². The lowest BCUT2D eigenvalue weighted by Crippen LogP contribution is -2.43. The van der Waals surface area contributed by atoms with Gasteiger partial charge in [0.05, 0.1) is 4.88 Å². The molecular formula is C14H15BrN4O3S. The van der Waals surface area contributed by atoms with Crippen LogP contribution in [0.5, 0.6) is 0 Å². The van der Waals surface area contributed by atoms with Gasteiger partial charge in [-0.05, 0) is 33.4 Å². The van der Waals surface area contributed by atoms with E-state index in [0.29, 0.717) is 10.6 Å². The molecule has 0 aliphatic carbocycles. The Kier molecular flexibility index (Phi) is 5.94. The van der Waals surface area contributed by atoms with Gasteiger partial charge in [-0.25, -0.2) is 0 Å². The molecule has 3 N–H and O–H groups in total. The van der Waals surface area contributed by atoms with Gasteiger partial charge >= 0.3 is 0 Å². The SMILES string of the molecule is Cn1cc(Br)cc1C(=O)NNC(=O)CCNC(=O)c1cccs1. The van der Waals surface area contributed by atoms with E-state index in [2.05, 4.69) is 32.1 Å². The molecular weight excluding hydrogens is 384 g/mol. The molecule has 0 aliphatic heterocycles. The van der Waals surface area contributed by atoms with Crippen LogP contribution in [0.3, 0.4) is 0 Å². The summed E-state index contributed by atoms with van der Waals surface area (Å²) in [5.41, 5.74) is 5.04. The summed E-state index contributed by atoms with van der Waals surface area (Å²) in [5, 5.41) is 4.44. The highest BCUT2D eigenvalue weighted by Crippen LogP contribution is 2.13. The maximum absolute atomic E-state index is 11.9. The highest BCUT2D eigenvalue weighted by Gasteiger charge is 2.12. The van der Waals surface area contributed by atoms with Crippen molar-refractivity contribution in [2.24, 2.45) is 7.05 Å². The van der Waals surface area contributed by atoms with Gasteiger partial charge < -0.3 is 9.88 Å². The molecule has 0 fully saturated rings. The number of nitrogens with one attached hydrogen (secondary N) is 3. The van der Waals surface area contributed by atoms with Crippen molar-refractivity contribution in [1.29, 1.82) is 0 Å². The van der Waals surface area contributed by atoms with Crippen molar-refractivity contribution < 1.29 is 14.4 Å². The molecule has 0 bridgehead atoms. The van der Waals surface area contributed by atoms with E-state index < -0.39 is 11.8 Å². The number of thiophene rings is 1. The van der Waals surface area contributed by atoms with Crippen LogP contribution in [0, 0.1) is 0 Å². The zero-order valence-electron chi connectivity index (χ0n) is 12.3. The van der Waals surface area contributed by atoms with E-state index >= 15 is 0 Å². The fourth-order valence-corrected chi connectivity index (χ4v) is 2.95. The van der Waals surface area contributed by atoms with E-state index in [9.17, 15) is 14.4 Å². The number of aryl methyl sites for hydroxylation is 1. The van der Waals surface area contributed by atoms with E-state index in [-0.39, 0.29) is 18.9 Å². The summed E-state index contributed by atoms with van der Waals surface area (Å²) >= 11 is 4.60. The second-order valence-corrected chi connectivity index (χ2v) is 6.50. The first-order valence-corrected chi connectivity index (χ1v) is 8.37. The molecule has 0 aliphatic rings. The average molecular weight is 399 g/mol. The topological polar surface area (TPSA) is 92.2 Å². The van der Waals surface area contributed by atoms with E-state index in [1.807, 2.05) is 0 Å². The van der Waals surface area contributed by atoms with Gasteiger partial charge in [-0.15, -0.1) is 11.3 Å². The summed E-state index contributed by atoms with van der Waals surface area (Å²) in [4.78, 5) is 35.8. The number of halogens is 1. The lowest BCUT2D eigenvalue weighted by atomic mass is 10.4. The van der Waals surface area contributed by atoms with Gasteiger partial charge in [-0.3, -0.25) is 25.2 Å². The molecule has 0 saturated carbocycles. The monoisotopic (exact) mass is 398 g/mol. The molecule has 2 aromatic heterocycles. The number of nitrogens with zero attached hydrogens (tertiary/aromatic N) is 1. The number of carbonyl (C=O) groups is 3. The maximum atomic E-state index is 11.9. The minimum absolute atomic E-state index is 0.0637. The number of rotatable bonds is 5. The first kappa shape index (κ1) is 17.2. The van der Waals surface area contributed by atoms with Crippen LogP contribution in [0.1, 0.15) is 26.6 Å². The quantitative estimate of drug-likeness (QED) is 0.665. The Labute approximate surface area is 145 Å². The van der Waals surface area contributed by atoms with Gasteiger partial charge in [-0.2, -0.15) is 0 Å². The molecule has 2 rings (SSSR count). The molecule has 7 nitrogen and oxygen atoms in total. The Bertz CT molecular complexity index is 712. The number of hydrogen-bond donors (Lipinski definition) is 3. The fraction of sp³-hybridized carbons (Fsp3) is 0.214. The molecule has 9 heteroatoms. The lowest BCUT2D eigenvalue weighted by molar-refractivity contribution is -0.121. The molecule has 0 spiro atoms. The van der Waals surface area contributed by atoms with Crippen LogP contribution >= 0.6 is 27.3 Å². The molecule has 0 unspecified atom stereocenters. The number of amides is 3. The van der Waals surface area contributed by atoms with E-state index in [1.165, 1.54) is 11.3 Å². The first-order valence-electron chi connectivity index (χ1n) is 6.70. The highest BCUT2D eigenvalue weighted by molar-refractivity contribution is 9.10. The molecule has 122 valence electrons. The second kappa shape index (κ2) is 7.93. The summed E-state index contributed by atoms with van der Waals surface area (Å²) < 4.78 is 2.40.